The first-order chi connectivity index (χ1) is 4.41. The van der Waals surface area contributed by atoms with E-state index in [1.807, 2.05) is 5.41 Å². The average molecular weight is 146 g/mol. The first-order valence-corrected chi connectivity index (χ1v) is 4.34. The van der Waals surface area contributed by atoms with Crippen molar-refractivity contribution in [2.75, 3.05) is 12.4 Å². The summed E-state index contributed by atoms with van der Waals surface area (Å²) in [5.41, 5.74) is 0. The topological polar surface area (TPSA) is 20.2 Å². The first kappa shape index (κ1) is 9.05. The Balaban J connectivity index is 2.82. The molecule has 0 aromatic rings. The van der Waals surface area contributed by atoms with Crippen molar-refractivity contribution in [1.29, 1.82) is 0 Å². The maximum atomic E-state index is 8.32. The Morgan fingerprint density at radius 1 is 1.56 bits per heavy atom. The average Bonchev–Trinajstić information content (AvgIpc) is 1.89. The van der Waals surface area contributed by atoms with E-state index in [-0.39, 0.29) is 6.61 Å². The summed E-state index contributed by atoms with van der Waals surface area (Å²) in [6, 6.07) is 0. The minimum Gasteiger partial charge on any atom is -0.392 e. The van der Waals surface area contributed by atoms with Crippen LogP contribution in [0, 0.1) is 0 Å². The molecule has 0 fully saturated rings. The van der Waals surface area contributed by atoms with Crippen LogP contribution < -0.4 is 0 Å². The summed E-state index contributed by atoms with van der Waals surface area (Å²) in [7, 11) is 0. The number of hydrogen-bond donors (Lipinski definition) is 1. The van der Waals surface area contributed by atoms with E-state index in [0.717, 1.165) is 0 Å². The van der Waals surface area contributed by atoms with E-state index in [1.165, 1.54) is 18.6 Å². The van der Waals surface area contributed by atoms with E-state index >= 15 is 0 Å². The molecule has 0 rings (SSSR count). The summed E-state index contributed by atoms with van der Waals surface area (Å²) in [6.07, 6.45) is 4.28. The van der Waals surface area contributed by atoms with Crippen LogP contribution in [0.3, 0.4) is 0 Å². The highest BCUT2D eigenvalue weighted by Gasteiger charge is 1.79. The van der Waals surface area contributed by atoms with Gasteiger partial charge in [0.25, 0.3) is 0 Å². The molecule has 54 valence electrons. The molecule has 0 spiro atoms. The molecule has 1 nitrogen and oxygen atoms in total. The Labute approximate surface area is 61.2 Å². The summed E-state index contributed by atoms with van der Waals surface area (Å²) in [5.74, 6) is 1.17. The van der Waals surface area contributed by atoms with Gasteiger partial charge in [-0.3, -0.25) is 0 Å². The van der Waals surface area contributed by atoms with Crippen molar-refractivity contribution in [2.24, 2.45) is 0 Å². The molecular weight excluding hydrogens is 132 g/mol. The highest BCUT2D eigenvalue weighted by molar-refractivity contribution is 8.02. The number of thioether (sulfide) groups is 1. The van der Waals surface area contributed by atoms with Gasteiger partial charge >= 0.3 is 0 Å². The summed E-state index contributed by atoms with van der Waals surface area (Å²) < 4.78 is 0. The fourth-order valence-electron chi connectivity index (χ4n) is 0.407. The molecule has 2 heteroatoms. The molecule has 0 bridgehead atoms. The van der Waals surface area contributed by atoms with E-state index in [9.17, 15) is 0 Å². The van der Waals surface area contributed by atoms with Gasteiger partial charge in [0.1, 0.15) is 0 Å². The molecule has 0 aromatic heterocycles. The number of aliphatic hydroxyl groups excluding tert-OH is 1. The highest BCUT2D eigenvalue weighted by Crippen LogP contribution is 2.04. The summed E-state index contributed by atoms with van der Waals surface area (Å²) >= 11 is 1.76. The van der Waals surface area contributed by atoms with Crippen molar-refractivity contribution in [3.8, 4) is 0 Å². The first-order valence-electron chi connectivity index (χ1n) is 3.29. The minimum absolute atomic E-state index is 0.166. The third-order valence-corrected chi connectivity index (χ3v) is 1.82. The van der Waals surface area contributed by atoms with Crippen molar-refractivity contribution in [1.82, 2.24) is 0 Å². The van der Waals surface area contributed by atoms with Gasteiger partial charge < -0.3 is 5.11 Å². The van der Waals surface area contributed by atoms with E-state index in [0.29, 0.717) is 0 Å². The van der Waals surface area contributed by atoms with E-state index in [1.54, 1.807) is 17.8 Å². The molecule has 0 radical (unpaired) electrons. The molecule has 0 aromatic carbocycles. The summed E-state index contributed by atoms with van der Waals surface area (Å²) in [6.45, 7) is 2.34. The zero-order valence-corrected chi connectivity index (χ0v) is 6.66. The molecule has 9 heavy (non-hydrogen) atoms. The molecule has 0 heterocycles. The van der Waals surface area contributed by atoms with Crippen LogP contribution in [0.5, 0.6) is 0 Å². The lowest BCUT2D eigenvalue weighted by Crippen LogP contribution is -1.73. The van der Waals surface area contributed by atoms with Crippen molar-refractivity contribution >= 4 is 11.8 Å². The Morgan fingerprint density at radius 3 is 2.89 bits per heavy atom. The predicted molar refractivity (Wildman–Crippen MR) is 43.6 cm³/mol. The van der Waals surface area contributed by atoms with Gasteiger partial charge in [-0.15, -0.1) is 11.8 Å². The maximum absolute atomic E-state index is 8.32. The lowest BCUT2D eigenvalue weighted by Gasteiger charge is -1.89. The van der Waals surface area contributed by atoms with Crippen LogP contribution >= 0.6 is 11.8 Å². The molecule has 0 saturated carbocycles. The molecule has 0 atom stereocenters. The van der Waals surface area contributed by atoms with Gasteiger partial charge in [-0.05, 0) is 17.6 Å². The van der Waals surface area contributed by atoms with E-state index in [2.05, 4.69) is 6.92 Å². The number of rotatable bonds is 5. The molecule has 1 N–H and O–H groups in total. The Hall–Kier alpha value is 0.0500. The zero-order valence-electron chi connectivity index (χ0n) is 5.84. The van der Waals surface area contributed by atoms with Gasteiger partial charge in [-0.1, -0.05) is 19.4 Å². The van der Waals surface area contributed by atoms with Gasteiger partial charge in [0.05, 0.1) is 6.61 Å². The molecular formula is C7H14OS. The normalized spacial score (nSPS) is 10.9. The highest BCUT2D eigenvalue weighted by atomic mass is 32.2. The Kier molecular flexibility index (Phi) is 8.09. The standard InChI is InChI=1S/C7H14OS/c1-2-3-6-9-7-4-5-8/h4,7-8H,2-3,5-6H2,1H3. The third-order valence-electron chi connectivity index (χ3n) is 0.914. The van der Waals surface area contributed by atoms with Crippen LogP contribution in [0.1, 0.15) is 19.8 Å². The number of aliphatic hydroxyl groups is 1. The van der Waals surface area contributed by atoms with Crippen molar-refractivity contribution in [3.05, 3.63) is 11.5 Å². The number of unbranched alkanes of at least 4 members (excludes halogenated alkanes) is 1. The second-order valence-electron chi connectivity index (χ2n) is 1.78. The molecule has 0 aliphatic carbocycles. The van der Waals surface area contributed by atoms with Crippen LogP contribution in [-0.4, -0.2) is 17.5 Å². The predicted octanol–water partition coefficient (Wildman–Crippen LogP) is 2.03. The maximum Gasteiger partial charge on any atom is 0.0620 e. The minimum atomic E-state index is 0.166. The van der Waals surface area contributed by atoms with Crippen LogP contribution in [0.25, 0.3) is 0 Å². The zero-order chi connectivity index (χ0) is 6.95. The largest absolute Gasteiger partial charge is 0.392 e. The lowest BCUT2D eigenvalue weighted by molar-refractivity contribution is 0.343. The quantitative estimate of drug-likeness (QED) is 0.599. The van der Waals surface area contributed by atoms with Crippen LogP contribution in [0.15, 0.2) is 11.5 Å². The van der Waals surface area contributed by atoms with Gasteiger partial charge in [0.15, 0.2) is 0 Å². The van der Waals surface area contributed by atoms with Crippen LogP contribution in [0.2, 0.25) is 0 Å². The van der Waals surface area contributed by atoms with E-state index < -0.39 is 0 Å². The molecule has 0 saturated heterocycles. The molecule has 0 amide bonds. The molecule has 0 unspecified atom stereocenters. The second-order valence-corrected chi connectivity index (χ2v) is 2.79. The summed E-state index contributed by atoms with van der Waals surface area (Å²) in [4.78, 5) is 0. The van der Waals surface area contributed by atoms with Gasteiger partial charge in [-0.25, -0.2) is 0 Å². The third kappa shape index (κ3) is 8.05. The van der Waals surface area contributed by atoms with Crippen LogP contribution in [-0.2, 0) is 0 Å². The number of hydrogen-bond acceptors (Lipinski definition) is 2. The second kappa shape index (κ2) is 8.05. The van der Waals surface area contributed by atoms with Crippen LogP contribution in [0.4, 0.5) is 0 Å². The van der Waals surface area contributed by atoms with E-state index in [4.69, 9.17) is 5.11 Å². The smallest absolute Gasteiger partial charge is 0.0620 e. The fourth-order valence-corrected chi connectivity index (χ4v) is 1.22. The van der Waals surface area contributed by atoms with Gasteiger partial charge in [0, 0.05) is 0 Å². The fraction of sp³-hybridized carbons (Fsp3) is 0.714. The molecule has 0 aliphatic rings. The SMILES string of the molecule is CCCCSC=CCO. The summed E-state index contributed by atoms with van der Waals surface area (Å²) in [5, 5.41) is 10.3. The Bertz CT molecular complexity index is 71.3. The monoisotopic (exact) mass is 146 g/mol. The van der Waals surface area contributed by atoms with Gasteiger partial charge in [-0.2, -0.15) is 0 Å². The van der Waals surface area contributed by atoms with Crippen molar-refractivity contribution in [2.45, 2.75) is 19.8 Å². The van der Waals surface area contributed by atoms with Gasteiger partial charge in [0.2, 0.25) is 0 Å². The lowest BCUT2D eigenvalue weighted by atomic mass is 10.4. The Morgan fingerprint density at radius 2 is 2.33 bits per heavy atom. The van der Waals surface area contributed by atoms with Crippen molar-refractivity contribution in [3.63, 3.8) is 0 Å². The molecule has 0 aliphatic heterocycles. The van der Waals surface area contributed by atoms with Crippen molar-refractivity contribution < 1.29 is 5.11 Å².